The van der Waals surface area contributed by atoms with Gasteiger partial charge in [0.05, 0.1) is 0 Å². The molecule has 1 nitrogen and oxygen atoms in total. The summed E-state index contributed by atoms with van der Waals surface area (Å²) in [5.74, 6) is -0.185. The molecule has 0 aliphatic heterocycles. The monoisotopic (exact) mass is 212 g/mol. The summed E-state index contributed by atoms with van der Waals surface area (Å²) in [4.78, 5) is 0. The normalized spacial score (nSPS) is 12.1. The van der Waals surface area contributed by atoms with Crippen molar-refractivity contribution in [2.24, 2.45) is 0 Å². The predicted molar refractivity (Wildman–Crippen MR) is 59.7 cm³/mol. The lowest BCUT2D eigenvalue weighted by Gasteiger charge is -2.25. The molecular formula is C11H17FOSi. The van der Waals surface area contributed by atoms with Gasteiger partial charge in [0.1, 0.15) is 5.82 Å². The van der Waals surface area contributed by atoms with Crippen molar-refractivity contribution in [1.82, 2.24) is 0 Å². The maximum Gasteiger partial charge on any atom is 0.218 e. The minimum Gasteiger partial charge on any atom is -0.411 e. The van der Waals surface area contributed by atoms with E-state index in [9.17, 15) is 4.39 Å². The molecule has 0 unspecified atom stereocenters. The Balaban J connectivity index is 2.91. The van der Waals surface area contributed by atoms with Crippen LogP contribution in [0.2, 0.25) is 13.1 Å². The molecule has 3 heteroatoms. The van der Waals surface area contributed by atoms with Gasteiger partial charge in [0.2, 0.25) is 8.32 Å². The van der Waals surface area contributed by atoms with E-state index in [1.165, 1.54) is 6.07 Å². The topological polar surface area (TPSA) is 9.23 Å². The molecule has 0 heterocycles. The van der Waals surface area contributed by atoms with Crippen molar-refractivity contribution >= 4 is 13.5 Å². The van der Waals surface area contributed by atoms with E-state index >= 15 is 0 Å². The first-order valence-electron chi connectivity index (χ1n) is 4.85. The van der Waals surface area contributed by atoms with Crippen LogP contribution in [0.3, 0.4) is 0 Å². The number of benzene rings is 1. The van der Waals surface area contributed by atoms with Crippen LogP contribution in [0.15, 0.2) is 24.3 Å². The van der Waals surface area contributed by atoms with Gasteiger partial charge in [0.15, 0.2) is 0 Å². The summed E-state index contributed by atoms with van der Waals surface area (Å²) in [5, 5.41) is 1.01. The first kappa shape index (κ1) is 11.4. The summed E-state index contributed by atoms with van der Waals surface area (Å²) in [6.07, 6.45) is 0.194. The highest BCUT2D eigenvalue weighted by Gasteiger charge is 2.26. The Bertz CT molecular complexity index is 310. The van der Waals surface area contributed by atoms with Gasteiger partial charge in [-0.1, -0.05) is 12.1 Å². The van der Waals surface area contributed by atoms with Gasteiger partial charge in [-0.2, -0.15) is 0 Å². The molecule has 0 aromatic heterocycles. The van der Waals surface area contributed by atoms with E-state index in [-0.39, 0.29) is 11.9 Å². The smallest absolute Gasteiger partial charge is 0.218 e. The van der Waals surface area contributed by atoms with E-state index < -0.39 is 8.32 Å². The zero-order chi connectivity index (χ0) is 10.8. The highest BCUT2D eigenvalue weighted by Crippen LogP contribution is 2.09. The lowest BCUT2D eigenvalue weighted by Crippen LogP contribution is -2.46. The van der Waals surface area contributed by atoms with E-state index in [1.807, 2.05) is 19.9 Å². The Morgan fingerprint density at radius 2 is 1.93 bits per heavy atom. The second-order valence-corrected chi connectivity index (χ2v) is 8.02. The van der Waals surface area contributed by atoms with E-state index in [0.717, 1.165) is 5.19 Å². The second-order valence-electron chi connectivity index (χ2n) is 4.19. The minimum atomic E-state index is -1.91. The number of rotatable bonds is 3. The number of hydrogen-bond donors (Lipinski definition) is 0. The van der Waals surface area contributed by atoms with Gasteiger partial charge in [-0.05, 0) is 44.3 Å². The first-order valence-corrected chi connectivity index (χ1v) is 7.76. The van der Waals surface area contributed by atoms with Crippen LogP contribution in [0.4, 0.5) is 4.39 Å². The lowest BCUT2D eigenvalue weighted by atomic mass is 10.3. The zero-order valence-corrected chi connectivity index (χ0v) is 10.2. The van der Waals surface area contributed by atoms with Crippen molar-refractivity contribution in [3.05, 3.63) is 30.1 Å². The fraction of sp³-hybridized carbons (Fsp3) is 0.455. The maximum absolute atomic E-state index is 13.0. The first-order chi connectivity index (χ1) is 6.42. The van der Waals surface area contributed by atoms with Crippen LogP contribution < -0.4 is 5.19 Å². The third-order valence-electron chi connectivity index (χ3n) is 2.05. The summed E-state index contributed by atoms with van der Waals surface area (Å²) in [6.45, 7) is 8.19. The van der Waals surface area contributed by atoms with Crippen LogP contribution in [-0.4, -0.2) is 14.4 Å². The second kappa shape index (κ2) is 4.23. The van der Waals surface area contributed by atoms with Crippen molar-refractivity contribution in [2.75, 3.05) is 0 Å². The molecule has 0 atom stereocenters. The van der Waals surface area contributed by atoms with E-state index in [1.54, 1.807) is 12.1 Å². The van der Waals surface area contributed by atoms with Crippen molar-refractivity contribution in [1.29, 1.82) is 0 Å². The molecule has 1 rings (SSSR count). The number of halogens is 1. The summed E-state index contributed by atoms with van der Waals surface area (Å²) >= 11 is 0. The molecule has 0 aliphatic carbocycles. The molecule has 0 spiro atoms. The SMILES string of the molecule is CC(C)O[Si](C)(C)c1cccc(F)c1. The quantitative estimate of drug-likeness (QED) is 0.700. The molecule has 0 amide bonds. The van der Waals surface area contributed by atoms with Crippen LogP contribution in [0.1, 0.15) is 13.8 Å². The average molecular weight is 212 g/mol. The zero-order valence-electron chi connectivity index (χ0n) is 9.17. The highest BCUT2D eigenvalue weighted by atomic mass is 28.4. The van der Waals surface area contributed by atoms with Crippen LogP contribution >= 0.6 is 0 Å². The van der Waals surface area contributed by atoms with Crippen LogP contribution in [-0.2, 0) is 4.43 Å². The van der Waals surface area contributed by atoms with Gasteiger partial charge in [0.25, 0.3) is 0 Å². The Morgan fingerprint density at radius 3 is 2.43 bits per heavy atom. The maximum atomic E-state index is 13.0. The van der Waals surface area contributed by atoms with Gasteiger partial charge >= 0.3 is 0 Å². The third kappa shape index (κ3) is 2.92. The fourth-order valence-electron chi connectivity index (χ4n) is 1.52. The fourth-order valence-corrected chi connectivity index (χ4v) is 3.82. The van der Waals surface area contributed by atoms with E-state index in [4.69, 9.17) is 4.43 Å². The molecule has 1 aromatic rings. The van der Waals surface area contributed by atoms with Crippen LogP contribution in [0, 0.1) is 5.82 Å². The van der Waals surface area contributed by atoms with Crippen molar-refractivity contribution in [3.8, 4) is 0 Å². The molecule has 0 radical (unpaired) electrons. The molecule has 1 aromatic carbocycles. The largest absolute Gasteiger partial charge is 0.411 e. The van der Waals surface area contributed by atoms with E-state index in [2.05, 4.69) is 13.1 Å². The standard InChI is InChI=1S/C11H17FOSi/c1-9(2)13-14(3,4)11-7-5-6-10(12)8-11/h5-9H,1-4H3. The van der Waals surface area contributed by atoms with Crippen LogP contribution in [0.5, 0.6) is 0 Å². The Kier molecular flexibility index (Phi) is 3.45. The third-order valence-corrected chi connectivity index (χ3v) is 4.81. The van der Waals surface area contributed by atoms with Gasteiger partial charge < -0.3 is 4.43 Å². The Labute approximate surface area is 86.0 Å². The molecule has 0 saturated heterocycles. The van der Waals surface area contributed by atoms with Crippen molar-refractivity contribution in [2.45, 2.75) is 33.0 Å². The summed E-state index contributed by atoms with van der Waals surface area (Å²) in [5.41, 5.74) is 0. The predicted octanol–water partition coefficient (Wildman–Crippen LogP) is 2.66. The Morgan fingerprint density at radius 1 is 1.29 bits per heavy atom. The number of hydrogen-bond acceptors (Lipinski definition) is 1. The van der Waals surface area contributed by atoms with Gasteiger partial charge in [0, 0.05) is 6.10 Å². The van der Waals surface area contributed by atoms with E-state index in [0.29, 0.717) is 0 Å². The molecule has 14 heavy (non-hydrogen) atoms. The summed E-state index contributed by atoms with van der Waals surface area (Å²) in [6, 6.07) is 6.72. The summed E-state index contributed by atoms with van der Waals surface area (Å²) in [7, 11) is -1.91. The molecule has 78 valence electrons. The summed E-state index contributed by atoms with van der Waals surface area (Å²) < 4.78 is 18.9. The molecular weight excluding hydrogens is 195 g/mol. The molecule has 0 saturated carbocycles. The van der Waals surface area contributed by atoms with Gasteiger partial charge in [-0.3, -0.25) is 0 Å². The van der Waals surface area contributed by atoms with Crippen molar-refractivity contribution < 1.29 is 8.82 Å². The lowest BCUT2D eigenvalue weighted by molar-refractivity contribution is 0.238. The highest BCUT2D eigenvalue weighted by molar-refractivity contribution is 6.84. The van der Waals surface area contributed by atoms with Gasteiger partial charge in [-0.25, -0.2) is 4.39 Å². The molecule has 0 bridgehead atoms. The Hall–Kier alpha value is -0.673. The molecule has 0 N–H and O–H groups in total. The molecule has 0 fully saturated rings. The van der Waals surface area contributed by atoms with Crippen LogP contribution in [0.25, 0.3) is 0 Å². The minimum absolute atomic E-state index is 0.185. The molecule has 0 aliphatic rings. The van der Waals surface area contributed by atoms with Gasteiger partial charge in [-0.15, -0.1) is 0 Å². The van der Waals surface area contributed by atoms with Crippen molar-refractivity contribution in [3.63, 3.8) is 0 Å². The average Bonchev–Trinajstić information content (AvgIpc) is 2.01.